The average molecular weight is 736 g/mol. The highest BCUT2D eigenvalue weighted by molar-refractivity contribution is 5.94. The van der Waals surface area contributed by atoms with Gasteiger partial charge in [-0.05, 0) is 30.0 Å². The number of hydrogen-bond acceptors (Lipinski definition) is 10. The fourth-order valence-corrected chi connectivity index (χ4v) is 6.47. The summed E-state index contributed by atoms with van der Waals surface area (Å²) in [5, 5.41) is 44.4. The number of imidazole rings is 1. The molecule has 0 unspecified atom stereocenters. The maximum atomic E-state index is 13.8. The van der Waals surface area contributed by atoms with Crippen LogP contribution in [0.2, 0.25) is 0 Å². The van der Waals surface area contributed by atoms with Gasteiger partial charge in [-0.15, -0.1) is 0 Å². The zero-order chi connectivity index (χ0) is 38.0. The normalized spacial score (nSPS) is 15.8. The molecule has 1 aliphatic heterocycles. The minimum Gasteiger partial charge on any atom is -0.390 e. The van der Waals surface area contributed by atoms with Crippen LogP contribution in [0.25, 0.3) is 11.2 Å². The van der Waals surface area contributed by atoms with Crippen molar-refractivity contribution < 1.29 is 29.7 Å². The molecule has 0 radical (unpaired) electrons. The molecule has 3 aromatic carbocycles. The first-order valence-corrected chi connectivity index (χ1v) is 18.0. The van der Waals surface area contributed by atoms with Crippen LogP contribution in [-0.2, 0) is 11.3 Å². The van der Waals surface area contributed by atoms with Gasteiger partial charge in [0.1, 0.15) is 6.10 Å². The summed E-state index contributed by atoms with van der Waals surface area (Å²) in [5.74, 6) is -1.26. The lowest BCUT2D eigenvalue weighted by Gasteiger charge is -2.24. The summed E-state index contributed by atoms with van der Waals surface area (Å²) in [6, 6.07) is 28.8. The van der Waals surface area contributed by atoms with Crippen molar-refractivity contribution >= 4 is 34.8 Å². The van der Waals surface area contributed by atoms with Gasteiger partial charge in [0, 0.05) is 44.7 Å². The Balaban J connectivity index is 1.24. The maximum Gasteiger partial charge on any atom is 0.317 e. The van der Waals surface area contributed by atoms with Crippen molar-refractivity contribution in [3.63, 3.8) is 0 Å². The maximum absolute atomic E-state index is 13.8. The Hall–Kier alpha value is -5.90. The van der Waals surface area contributed by atoms with Crippen molar-refractivity contribution in [2.75, 3.05) is 31.5 Å². The van der Waals surface area contributed by atoms with E-state index in [-0.39, 0.29) is 47.3 Å². The Labute approximate surface area is 312 Å². The molecule has 3 heterocycles. The number of nitrogens with zero attached hydrogens (tertiary/aromatic N) is 5. The number of rotatable bonds is 15. The van der Waals surface area contributed by atoms with E-state index < -0.39 is 36.7 Å². The van der Waals surface area contributed by atoms with Crippen LogP contribution >= 0.6 is 0 Å². The van der Waals surface area contributed by atoms with Gasteiger partial charge in [0.2, 0.25) is 11.7 Å². The molecule has 5 aromatic rings. The van der Waals surface area contributed by atoms with Crippen molar-refractivity contribution in [1.29, 1.82) is 0 Å². The highest BCUT2D eigenvalue weighted by atomic mass is 16.4. The lowest BCUT2D eigenvalue weighted by Crippen LogP contribution is -2.42. The smallest absolute Gasteiger partial charge is 0.317 e. The second kappa shape index (κ2) is 17.7. The monoisotopic (exact) mass is 735 g/mol. The molecule has 4 atom stereocenters. The van der Waals surface area contributed by atoms with E-state index in [1.165, 1.54) is 6.33 Å². The number of aromatic nitrogens is 4. The van der Waals surface area contributed by atoms with Crippen molar-refractivity contribution in [2.45, 2.75) is 56.7 Å². The summed E-state index contributed by atoms with van der Waals surface area (Å²) < 4.78 is 1.13. The lowest BCUT2D eigenvalue weighted by atomic mass is 9.91. The standard InChI is InChI=1S/C39H45N9O6/c1-2-40-31(50)20-30(49)33(51)38(53)48-24-43-32-34(41-22-29(26-14-8-4-9-15-26)27-16-10-5-11-17-27)45-35(46-36(32)48)37(52)44-28-18-19-47(23-28)39(54)42-21-25-12-6-3-7-13-25/h3-17,24,28-30,33,38,49,51,53H,2,18-23H2,1H3,(H,40,50)(H,42,54)(H,44,52)(H,41,45,46)/t28-,30-,33-,38-/m1/s1. The minimum absolute atomic E-state index is 0.0127. The Morgan fingerprint density at radius 3 is 2.17 bits per heavy atom. The Morgan fingerprint density at radius 1 is 0.870 bits per heavy atom. The van der Waals surface area contributed by atoms with Crippen molar-refractivity contribution in [1.82, 2.24) is 40.4 Å². The van der Waals surface area contributed by atoms with E-state index in [2.05, 4.69) is 36.2 Å². The number of aliphatic hydroxyl groups excluding tert-OH is 3. The number of fused-ring (bicyclic) bond motifs is 1. The molecule has 6 rings (SSSR count). The van der Waals surface area contributed by atoms with Gasteiger partial charge in [-0.1, -0.05) is 91.0 Å². The summed E-state index contributed by atoms with van der Waals surface area (Å²) >= 11 is 0. The molecule has 2 aromatic heterocycles. The van der Waals surface area contributed by atoms with Gasteiger partial charge in [-0.2, -0.15) is 0 Å². The number of aliphatic hydroxyl groups is 3. The van der Waals surface area contributed by atoms with Crippen LogP contribution in [0, 0.1) is 0 Å². The van der Waals surface area contributed by atoms with E-state index in [1.54, 1.807) is 11.8 Å². The van der Waals surface area contributed by atoms with Crippen molar-refractivity contribution in [3.8, 4) is 0 Å². The summed E-state index contributed by atoms with van der Waals surface area (Å²) in [6.45, 7) is 3.50. The second-order valence-electron chi connectivity index (χ2n) is 13.2. The van der Waals surface area contributed by atoms with Crippen LogP contribution in [0.4, 0.5) is 10.6 Å². The molecular formula is C39H45N9O6. The second-order valence-corrected chi connectivity index (χ2v) is 13.2. The fraction of sp³-hybridized carbons (Fsp3) is 0.333. The molecule has 0 spiro atoms. The molecule has 15 heteroatoms. The van der Waals surface area contributed by atoms with E-state index in [4.69, 9.17) is 0 Å². The van der Waals surface area contributed by atoms with Crippen LogP contribution in [0.3, 0.4) is 0 Å². The van der Waals surface area contributed by atoms with Gasteiger partial charge < -0.3 is 41.5 Å². The predicted molar refractivity (Wildman–Crippen MR) is 201 cm³/mol. The molecule has 282 valence electrons. The predicted octanol–water partition coefficient (Wildman–Crippen LogP) is 2.52. The quantitative estimate of drug-likeness (QED) is 0.0837. The van der Waals surface area contributed by atoms with Crippen LogP contribution in [0.15, 0.2) is 97.3 Å². The number of hydrogen-bond donors (Lipinski definition) is 7. The van der Waals surface area contributed by atoms with Gasteiger partial charge in [0.05, 0.1) is 18.9 Å². The van der Waals surface area contributed by atoms with Crippen LogP contribution in [0.5, 0.6) is 0 Å². The third kappa shape index (κ3) is 9.17. The van der Waals surface area contributed by atoms with Crippen molar-refractivity contribution in [2.24, 2.45) is 0 Å². The topological polar surface area (TPSA) is 207 Å². The zero-order valence-electron chi connectivity index (χ0n) is 29.9. The molecule has 1 aliphatic rings. The molecule has 1 saturated heterocycles. The molecule has 1 fully saturated rings. The largest absolute Gasteiger partial charge is 0.390 e. The molecule has 4 amide bonds. The van der Waals surface area contributed by atoms with Crippen LogP contribution < -0.4 is 21.3 Å². The van der Waals surface area contributed by atoms with Gasteiger partial charge in [0.25, 0.3) is 5.91 Å². The summed E-state index contributed by atoms with van der Waals surface area (Å²) in [5.41, 5.74) is 3.28. The van der Waals surface area contributed by atoms with Gasteiger partial charge in [0.15, 0.2) is 23.2 Å². The number of nitrogens with one attached hydrogen (secondary N) is 4. The average Bonchev–Trinajstić information content (AvgIpc) is 3.85. The number of carbonyl (C=O) groups excluding carboxylic acids is 3. The summed E-state index contributed by atoms with van der Waals surface area (Å²) in [4.78, 5) is 53.9. The fourth-order valence-electron chi connectivity index (χ4n) is 6.47. The Morgan fingerprint density at radius 2 is 1.52 bits per heavy atom. The number of amides is 4. The van der Waals surface area contributed by atoms with E-state index >= 15 is 0 Å². The van der Waals surface area contributed by atoms with Crippen LogP contribution in [-0.4, -0.2) is 102 Å². The molecular weight excluding hydrogens is 690 g/mol. The van der Waals surface area contributed by atoms with Gasteiger partial charge in [-0.3, -0.25) is 14.2 Å². The molecule has 0 saturated carbocycles. The number of anilines is 1. The number of urea groups is 1. The molecule has 0 aliphatic carbocycles. The van der Waals surface area contributed by atoms with Crippen LogP contribution in [0.1, 0.15) is 59.2 Å². The lowest BCUT2D eigenvalue weighted by molar-refractivity contribution is -0.129. The highest BCUT2D eigenvalue weighted by Crippen LogP contribution is 2.28. The summed E-state index contributed by atoms with van der Waals surface area (Å²) in [7, 11) is 0. The Bertz CT molecular complexity index is 1980. The molecule has 0 bridgehead atoms. The SMILES string of the molecule is CCNC(=O)C[C@@H](O)[C@@H](O)[C@@H](O)n1cnc2c(NCC(c3ccccc3)c3ccccc3)nc(C(=O)N[C@@H]3CCN(C(=O)NCc4ccccc4)C3)nc21. The Kier molecular flexibility index (Phi) is 12.4. The first-order chi connectivity index (χ1) is 26.2. The highest BCUT2D eigenvalue weighted by Gasteiger charge is 2.32. The first-order valence-electron chi connectivity index (χ1n) is 18.0. The molecule has 15 nitrogen and oxygen atoms in total. The van der Waals surface area contributed by atoms with E-state index in [1.807, 2.05) is 91.0 Å². The third-order valence-corrected chi connectivity index (χ3v) is 9.35. The molecule has 54 heavy (non-hydrogen) atoms. The summed E-state index contributed by atoms with van der Waals surface area (Å²) in [6.07, 6.45) is -3.90. The van der Waals surface area contributed by atoms with E-state index in [0.29, 0.717) is 32.6 Å². The van der Waals surface area contributed by atoms with Gasteiger partial charge >= 0.3 is 6.03 Å². The first kappa shape index (κ1) is 37.8. The molecule has 7 N–H and O–H groups in total. The van der Waals surface area contributed by atoms with Crippen molar-refractivity contribution in [3.05, 3.63) is 120 Å². The minimum atomic E-state index is -1.80. The number of likely N-dealkylation sites (tertiary alicyclic amines) is 1. The van der Waals surface area contributed by atoms with Gasteiger partial charge in [-0.25, -0.2) is 19.7 Å². The third-order valence-electron chi connectivity index (χ3n) is 9.35. The van der Waals surface area contributed by atoms with E-state index in [0.717, 1.165) is 21.3 Å². The zero-order valence-corrected chi connectivity index (χ0v) is 29.9. The number of benzene rings is 3. The van der Waals surface area contributed by atoms with E-state index in [9.17, 15) is 29.7 Å². The number of carbonyl (C=O) groups is 3.